The van der Waals surface area contributed by atoms with E-state index in [1.165, 1.54) is 0 Å². The zero-order valence-corrected chi connectivity index (χ0v) is 15.3. The Balaban J connectivity index is 1.46. The van der Waals surface area contributed by atoms with E-state index in [1.54, 1.807) is 25.5 Å². The largest absolute Gasteiger partial charge is 0.493 e. The number of nitrogens with one attached hydrogen (secondary N) is 1. The second-order valence-electron chi connectivity index (χ2n) is 5.92. The van der Waals surface area contributed by atoms with Gasteiger partial charge in [-0.3, -0.25) is 4.79 Å². The molecule has 0 bridgehead atoms. The SMILES string of the molecule is COc1ccccc1OCC(=O)N/N=C\c1ccc(N2CCOCC2)cc1. The molecule has 27 heavy (non-hydrogen) atoms. The Morgan fingerprint density at radius 3 is 2.56 bits per heavy atom. The molecule has 0 spiro atoms. The van der Waals surface area contributed by atoms with E-state index in [-0.39, 0.29) is 12.5 Å². The number of carbonyl (C=O) groups is 1. The Morgan fingerprint density at radius 2 is 1.85 bits per heavy atom. The molecule has 0 radical (unpaired) electrons. The molecule has 1 heterocycles. The summed E-state index contributed by atoms with van der Waals surface area (Å²) in [4.78, 5) is 14.1. The third kappa shape index (κ3) is 5.46. The average Bonchev–Trinajstić information content (AvgIpc) is 2.73. The first kappa shape index (κ1) is 18.7. The van der Waals surface area contributed by atoms with Crippen LogP contribution in [0, 0.1) is 0 Å². The Bertz CT molecular complexity index is 771. The number of rotatable bonds is 7. The highest BCUT2D eigenvalue weighted by Gasteiger charge is 2.10. The molecule has 0 atom stereocenters. The maximum absolute atomic E-state index is 11.9. The summed E-state index contributed by atoms with van der Waals surface area (Å²) >= 11 is 0. The highest BCUT2D eigenvalue weighted by atomic mass is 16.5. The summed E-state index contributed by atoms with van der Waals surface area (Å²) in [5.74, 6) is 0.745. The van der Waals surface area contributed by atoms with Crippen LogP contribution in [0.15, 0.2) is 53.6 Å². The quantitative estimate of drug-likeness (QED) is 0.597. The van der Waals surface area contributed by atoms with Crippen molar-refractivity contribution >= 4 is 17.8 Å². The first-order valence-electron chi connectivity index (χ1n) is 8.77. The van der Waals surface area contributed by atoms with Crippen LogP contribution in [0.1, 0.15) is 5.56 Å². The van der Waals surface area contributed by atoms with Crippen LogP contribution in [-0.4, -0.2) is 52.1 Å². The van der Waals surface area contributed by atoms with E-state index in [9.17, 15) is 4.79 Å². The molecule has 0 aliphatic carbocycles. The molecular weight excluding hydrogens is 346 g/mol. The summed E-state index contributed by atoms with van der Waals surface area (Å²) in [6, 6.07) is 15.2. The van der Waals surface area contributed by atoms with E-state index in [1.807, 2.05) is 36.4 Å². The maximum Gasteiger partial charge on any atom is 0.277 e. The second kappa shape index (κ2) is 9.59. The van der Waals surface area contributed by atoms with Crippen LogP contribution in [0.2, 0.25) is 0 Å². The smallest absolute Gasteiger partial charge is 0.277 e. The highest BCUT2D eigenvalue weighted by molar-refractivity contribution is 5.83. The highest BCUT2D eigenvalue weighted by Crippen LogP contribution is 2.25. The summed E-state index contributed by atoms with van der Waals surface area (Å²) in [5, 5.41) is 3.97. The van der Waals surface area contributed by atoms with Gasteiger partial charge in [-0.25, -0.2) is 5.43 Å². The Hall–Kier alpha value is -3.06. The maximum atomic E-state index is 11.9. The predicted molar refractivity (Wildman–Crippen MR) is 104 cm³/mol. The van der Waals surface area contributed by atoms with Gasteiger partial charge < -0.3 is 19.1 Å². The number of hydrogen-bond acceptors (Lipinski definition) is 6. The molecule has 7 heteroatoms. The Kier molecular flexibility index (Phi) is 6.65. The number of nitrogens with zero attached hydrogens (tertiary/aromatic N) is 2. The molecule has 1 saturated heterocycles. The fraction of sp³-hybridized carbons (Fsp3) is 0.300. The molecule has 1 fully saturated rings. The number of para-hydroxylation sites is 2. The number of methoxy groups -OCH3 is 1. The van der Waals surface area contributed by atoms with Crippen molar-refractivity contribution in [1.82, 2.24) is 5.43 Å². The minimum atomic E-state index is -0.345. The molecule has 1 amide bonds. The lowest BCUT2D eigenvalue weighted by Crippen LogP contribution is -2.36. The number of anilines is 1. The van der Waals surface area contributed by atoms with Crippen LogP contribution in [0.4, 0.5) is 5.69 Å². The van der Waals surface area contributed by atoms with Gasteiger partial charge in [0.15, 0.2) is 18.1 Å². The summed E-state index contributed by atoms with van der Waals surface area (Å²) in [5.41, 5.74) is 4.51. The van der Waals surface area contributed by atoms with Crippen LogP contribution < -0.4 is 19.8 Å². The van der Waals surface area contributed by atoms with Crippen LogP contribution in [0.3, 0.4) is 0 Å². The number of carbonyl (C=O) groups excluding carboxylic acids is 1. The van der Waals surface area contributed by atoms with Crippen molar-refractivity contribution in [3.8, 4) is 11.5 Å². The van der Waals surface area contributed by atoms with Crippen molar-refractivity contribution in [2.75, 3.05) is 44.9 Å². The van der Waals surface area contributed by atoms with Crippen molar-refractivity contribution in [2.24, 2.45) is 5.10 Å². The standard InChI is InChI=1S/C20H23N3O4/c1-25-18-4-2-3-5-19(18)27-15-20(24)22-21-14-16-6-8-17(9-7-16)23-10-12-26-13-11-23/h2-9,14H,10-13,15H2,1H3,(H,22,24)/b21-14-. The van der Waals surface area contributed by atoms with Gasteiger partial charge in [0.05, 0.1) is 26.5 Å². The molecular formula is C20H23N3O4. The summed E-state index contributed by atoms with van der Waals surface area (Å²) < 4.78 is 16.0. The van der Waals surface area contributed by atoms with Crippen molar-refractivity contribution in [1.29, 1.82) is 0 Å². The molecule has 7 nitrogen and oxygen atoms in total. The average molecular weight is 369 g/mol. The van der Waals surface area contributed by atoms with E-state index in [0.29, 0.717) is 11.5 Å². The minimum Gasteiger partial charge on any atom is -0.493 e. The van der Waals surface area contributed by atoms with E-state index in [0.717, 1.165) is 37.6 Å². The number of morpholine rings is 1. The normalized spacial score (nSPS) is 14.2. The van der Waals surface area contributed by atoms with Gasteiger partial charge >= 0.3 is 0 Å². The minimum absolute atomic E-state index is 0.145. The van der Waals surface area contributed by atoms with Gasteiger partial charge in [0.2, 0.25) is 0 Å². The molecule has 2 aromatic rings. The van der Waals surface area contributed by atoms with Crippen LogP contribution in [0.25, 0.3) is 0 Å². The fourth-order valence-corrected chi connectivity index (χ4v) is 2.69. The van der Waals surface area contributed by atoms with Gasteiger partial charge in [0.25, 0.3) is 5.91 Å². The molecule has 1 aliphatic rings. The zero-order chi connectivity index (χ0) is 18.9. The van der Waals surface area contributed by atoms with Crippen LogP contribution in [0.5, 0.6) is 11.5 Å². The molecule has 2 aromatic carbocycles. The van der Waals surface area contributed by atoms with Crippen molar-refractivity contribution < 1.29 is 19.0 Å². The van der Waals surface area contributed by atoms with Crippen LogP contribution in [-0.2, 0) is 9.53 Å². The number of hydrogen-bond donors (Lipinski definition) is 1. The zero-order valence-electron chi connectivity index (χ0n) is 15.3. The van der Waals surface area contributed by atoms with Crippen molar-refractivity contribution in [3.05, 3.63) is 54.1 Å². The molecule has 0 aromatic heterocycles. The first-order valence-corrected chi connectivity index (χ1v) is 8.77. The van der Waals surface area contributed by atoms with Crippen LogP contribution >= 0.6 is 0 Å². The monoisotopic (exact) mass is 369 g/mol. The summed E-state index contributed by atoms with van der Waals surface area (Å²) in [7, 11) is 1.55. The van der Waals surface area contributed by atoms with Crippen molar-refractivity contribution in [3.63, 3.8) is 0 Å². The fourth-order valence-electron chi connectivity index (χ4n) is 2.69. The molecule has 0 saturated carbocycles. The number of ether oxygens (including phenoxy) is 3. The predicted octanol–water partition coefficient (Wildman–Crippen LogP) is 2.06. The van der Waals surface area contributed by atoms with Gasteiger partial charge in [-0.2, -0.15) is 5.10 Å². The molecule has 142 valence electrons. The van der Waals surface area contributed by atoms with E-state index in [2.05, 4.69) is 15.4 Å². The first-order chi connectivity index (χ1) is 13.3. The van der Waals surface area contributed by atoms with Gasteiger partial charge in [-0.1, -0.05) is 24.3 Å². The lowest BCUT2D eigenvalue weighted by Gasteiger charge is -2.28. The van der Waals surface area contributed by atoms with Gasteiger partial charge in [0.1, 0.15) is 0 Å². The van der Waals surface area contributed by atoms with Gasteiger partial charge in [-0.15, -0.1) is 0 Å². The Labute approximate surface area is 158 Å². The van der Waals surface area contributed by atoms with Crippen molar-refractivity contribution in [2.45, 2.75) is 0 Å². The summed E-state index contributed by atoms with van der Waals surface area (Å²) in [6.07, 6.45) is 1.60. The third-order valence-electron chi connectivity index (χ3n) is 4.10. The second-order valence-corrected chi connectivity index (χ2v) is 5.92. The van der Waals surface area contributed by atoms with Gasteiger partial charge in [0, 0.05) is 18.8 Å². The van der Waals surface area contributed by atoms with E-state index < -0.39 is 0 Å². The molecule has 1 aliphatic heterocycles. The molecule has 3 rings (SSSR count). The van der Waals surface area contributed by atoms with Gasteiger partial charge in [-0.05, 0) is 29.8 Å². The number of hydrazone groups is 1. The lowest BCUT2D eigenvalue weighted by atomic mass is 10.2. The third-order valence-corrected chi connectivity index (χ3v) is 4.10. The molecule has 0 unspecified atom stereocenters. The lowest BCUT2D eigenvalue weighted by molar-refractivity contribution is -0.123. The Morgan fingerprint density at radius 1 is 1.15 bits per heavy atom. The van der Waals surface area contributed by atoms with E-state index in [4.69, 9.17) is 14.2 Å². The number of amides is 1. The topological polar surface area (TPSA) is 72.4 Å². The number of benzene rings is 2. The molecule has 1 N–H and O–H groups in total. The summed E-state index contributed by atoms with van der Waals surface area (Å²) in [6.45, 7) is 3.16. The van der Waals surface area contributed by atoms with E-state index >= 15 is 0 Å².